The second-order valence-corrected chi connectivity index (χ2v) is 29.1. The first kappa shape index (κ1) is 89.7. The minimum atomic E-state index is -1.55. The van der Waals surface area contributed by atoms with Crippen molar-refractivity contribution in [1.82, 2.24) is 5.32 Å². The first-order valence-corrected chi connectivity index (χ1v) is 35.8. The number of hydrogen-bond donors (Lipinski definition) is 4. The first-order valence-electron chi connectivity index (χ1n) is 35.8. The third-order valence-corrected chi connectivity index (χ3v) is 19.3. The molecule has 0 saturated heterocycles. The number of Topliss-reactive ketones (excluding diaryl/α,β-unsaturated/α-hetero) is 4. The number of carbonyl (C=O) groups excluding carboxylic acids is 5. The minimum Gasteiger partial charge on any atom is -1.00 e. The lowest BCUT2D eigenvalue weighted by molar-refractivity contribution is -0.432. The molecule has 8 atom stereocenters. The van der Waals surface area contributed by atoms with Gasteiger partial charge in [-0.05, 0) is 195 Å². The van der Waals surface area contributed by atoms with Crippen LogP contribution in [0.15, 0.2) is 121 Å². The van der Waals surface area contributed by atoms with Crippen molar-refractivity contribution in [2.45, 2.75) is 184 Å². The van der Waals surface area contributed by atoms with Crippen LogP contribution in [0, 0.1) is 49.4 Å². The van der Waals surface area contributed by atoms with Crippen LogP contribution in [-0.4, -0.2) is 126 Å². The Bertz CT molecular complexity index is 3940. The molecule has 8 rings (SSSR count). The third-order valence-electron chi connectivity index (χ3n) is 19.3. The van der Waals surface area contributed by atoms with Gasteiger partial charge >= 0.3 is 6.09 Å². The molecule has 0 aliphatic heterocycles. The topological polar surface area (TPSA) is 249 Å². The van der Waals surface area contributed by atoms with E-state index in [1.165, 1.54) is 0 Å². The number of nitrogens with one attached hydrogen (secondary N) is 1. The summed E-state index contributed by atoms with van der Waals surface area (Å²) in [6.45, 7) is 17.4. The van der Waals surface area contributed by atoms with Crippen molar-refractivity contribution < 1.29 is 95.0 Å². The average molecular weight is 1480 g/mol. The number of rotatable bonds is 33. The summed E-state index contributed by atoms with van der Waals surface area (Å²) < 4.78 is 51.4. The number of benzene rings is 6. The molecule has 0 fully saturated rings. The molecule has 0 aromatic heterocycles. The molecule has 1 amide bonds. The number of quaternary nitrogens is 1. The second kappa shape index (κ2) is 42.0. The summed E-state index contributed by atoms with van der Waals surface area (Å²) in [6.07, 6.45) is 5.50. The lowest BCUT2D eigenvalue weighted by Crippen LogP contribution is -3.00. The number of aliphatic hydroxyl groups is 2. The molecule has 2 aliphatic rings. The third kappa shape index (κ3) is 23.9. The summed E-state index contributed by atoms with van der Waals surface area (Å²) >= 11 is 0. The second-order valence-electron chi connectivity index (χ2n) is 29.1. The lowest BCUT2D eigenvalue weighted by atomic mass is 9.82. The predicted octanol–water partition coefficient (Wildman–Crippen LogP) is 12.2. The maximum Gasteiger partial charge on any atom is 0.407 e. The number of halogens is 1. The first-order chi connectivity index (χ1) is 49.1. The normalized spacial score (nSPS) is 15.5. The van der Waals surface area contributed by atoms with Crippen LogP contribution < -0.4 is 61.4 Å². The van der Waals surface area contributed by atoms with Gasteiger partial charge in [-0.15, -0.1) is 0 Å². The minimum absolute atomic E-state index is 0. The zero-order valence-electron chi connectivity index (χ0n) is 64.0. The van der Waals surface area contributed by atoms with Gasteiger partial charge in [0.1, 0.15) is 40.8 Å². The maximum atomic E-state index is 14.4. The monoisotopic (exact) mass is 1480 g/mol. The van der Waals surface area contributed by atoms with Crippen LogP contribution in [0.1, 0.15) is 170 Å². The number of aryl methyl sites for hydroxylation is 2. The van der Waals surface area contributed by atoms with Crippen LogP contribution in [0.4, 0.5) is 4.79 Å². The van der Waals surface area contributed by atoms with Gasteiger partial charge in [-0.1, -0.05) is 127 Å². The van der Waals surface area contributed by atoms with Crippen molar-refractivity contribution in [1.29, 1.82) is 0 Å². The standard InChI is InChI=1S/C45H59NO9.C40H51NO7.2CH4.ClH/c1-27(2)20-32(25-38(48)41(49)36(23-29-14-12-11-13-15-29)46-44(50)55-45(4,5)6)37(47)24-30-16-18-33-35(26-40(52-8)43(54-10)42(33)53-9)34(22-30)31-17-19-39(51-7)28(3)21-31;1-24(2)17-29(22-35(43)38(44)33(41)20-26-11-9-8-10-12-26)34(42)21-27-13-15-30-32(23-37(46-5)40(48-7)39(30)47-6)31(19-27)28-14-16-36(45-4)25(3)18-28;;;/h11-15,17,19,21-22,26-27,30,32,36,41,49H,16,18,20,23-25H2,1-10H3,(H,46,50);8-12,14,16,18-19,23-24,27,29,33,38,44H,13,15,17,20-22,41H2,1-7H3;2*1H4;1H/t30-,32?,36?,41?;27-,29?,33?,38?;;;/m11.../s1. The molecule has 0 bridgehead atoms. The number of fused-ring (bicyclic) bond motifs is 2. The van der Waals surface area contributed by atoms with E-state index in [1.54, 1.807) is 77.6 Å². The lowest BCUT2D eigenvalue weighted by Gasteiger charge is -2.27. The van der Waals surface area contributed by atoms with Crippen molar-refractivity contribution in [3.63, 3.8) is 0 Å². The van der Waals surface area contributed by atoms with Gasteiger partial charge in [0.15, 0.2) is 40.7 Å². The van der Waals surface area contributed by atoms with Crippen LogP contribution in [-0.2, 0) is 49.6 Å². The van der Waals surface area contributed by atoms with E-state index in [4.69, 9.17) is 42.6 Å². The molecule has 0 heterocycles. The molecule has 6 aromatic rings. The fourth-order valence-corrected chi connectivity index (χ4v) is 14.3. The molecule has 18 nitrogen and oxygen atoms in total. The summed E-state index contributed by atoms with van der Waals surface area (Å²) in [5.41, 5.74) is 14.8. The number of ether oxygens (including phenoxy) is 9. The van der Waals surface area contributed by atoms with Crippen LogP contribution in [0.3, 0.4) is 0 Å². The van der Waals surface area contributed by atoms with E-state index < -0.39 is 53.6 Å². The Kier molecular flexibility index (Phi) is 35.6. The van der Waals surface area contributed by atoms with Gasteiger partial charge in [0.05, 0.1) is 62.9 Å². The van der Waals surface area contributed by atoms with Crippen LogP contribution in [0.2, 0.25) is 0 Å². The van der Waals surface area contributed by atoms with E-state index in [-0.39, 0.29) is 100 Å². The van der Waals surface area contributed by atoms with E-state index >= 15 is 0 Å². The number of alkyl carbamates (subject to hydrolysis) is 1. The highest BCUT2D eigenvalue weighted by molar-refractivity contribution is 5.93. The molecule has 6 unspecified atom stereocenters. The maximum absolute atomic E-state index is 14.4. The highest BCUT2D eigenvalue weighted by Gasteiger charge is 2.37. The molecule has 580 valence electrons. The summed E-state index contributed by atoms with van der Waals surface area (Å²) in [7, 11) is 12.9. The smallest absolute Gasteiger partial charge is 0.407 e. The molecule has 2 aliphatic carbocycles. The SMILES string of the molecule is C.C.COc1ccc(C2=C[C@H](CC(=O)C(CC(=O)C(O)C(Cc3ccccc3)NC(=O)OC(C)(C)C)CC(C)C)CCc3c2cc(OC)c(OC)c3OC)cc1C.COc1ccc(C2=C[C@H](CC(=O)C(CC(=O)C(O)C([NH3+])Cc3ccccc3)CC(C)C)CCc3c2cc(OC)c(OC)c3OC)cc1C.[Cl-]. The van der Waals surface area contributed by atoms with Crippen molar-refractivity contribution in [3.8, 4) is 46.0 Å². The van der Waals surface area contributed by atoms with Gasteiger partial charge in [-0.2, -0.15) is 0 Å². The fraction of sp³-hybridized carbons (Fsp3) is 0.483. The predicted molar refractivity (Wildman–Crippen MR) is 415 cm³/mol. The van der Waals surface area contributed by atoms with Crippen molar-refractivity contribution in [3.05, 3.63) is 177 Å². The number of methoxy groups -OCH3 is 8. The van der Waals surface area contributed by atoms with E-state index in [2.05, 4.69) is 49.2 Å². The highest BCUT2D eigenvalue weighted by atomic mass is 35.5. The van der Waals surface area contributed by atoms with E-state index in [9.17, 15) is 34.2 Å². The Balaban J connectivity index is 0.000000440. The van der Waals surface area contributed by atoms with Crippen molar-refractivity contribution in [2.75, 3.05) is 56.9 Å². The van der Waals surface area contributed by atoms with Crippen LogP contribution >= 0.6 is 0 Å². The van der Waals surface area contributed by atoms with E-state index in [1.807, 2.05) is 125 Å². The molecule has 0 spiro atoms. The summed E-state index contributed by atoms with van der Waals surface area (Å²) in [4.78, 5) is 68.6. The van der Waals surface area contributed by atoms with Gasteiger partial charge in [-0.25, -0.2) is 4.79 Å². The van der Waals surface area contributed by atoms with Crippen LogP contribution in [0.25, 0.3) is 11.1 Å². The quantitative estimate of drug-likeness (QED) is 0.0299. The van der Waals surface area contributed by atoms with Gasteiger partial charge in [0.2, 0.25) is 11.5 Å². The Labute approximate surface area is 636 Å². The van der Waals surface area contributed by atoms with Gasteiger partial charge in [0.25, 0.3) is 0 Å². The largest absolute Gasteiger partial charge is 1.00 e. The number of hydrogen-bond acceptors (Lipinski definition) is 16. The van der Waals surface area contributed by atoms with Gasteiger partial charge in [0, 0.05) is 55.1 Å². The van der Waals surface area contributed by atoms with Gasteiger partial charge < -0.3 is 76.3 Å². The van der Waals surface area contributed by atoms with Crippen LogP contribution in [0.5, 0.6) is 46.0 Å². The average Bonchev–Trinajstić information content (AvgIpc) is 1.42. The molecular formula is C87H119ClN2O16. The number of aliphatic hydroxyl groups excluding tert-OH is 2. The number of ketones is 4. The van der Waals surface area contributed by atoms with E-state index in [0.29, 0.717) is 79.4 Å². The Morgan fingerprint density at radius 1 is 0.500 bits per heavy atom. The number of amides is 1. The van der Waals surface area contributed by atoms with Crippen molar-refractivity contribution >= 4 is 40.4 Å². The molecule has 106 heavy (non-hydrogen) atoms. The molecule has 19 heteroatoms. The van der Waals surface area contributed by atoms with Crippen molar-refractivity contribution in [2.24, 2.45) is 35.5 Å². The fourth-order valence-electron chi connectivity index (χ4n) is 14.3. The molecule has 6 N–H and O–H groups in total. The Morgan fingerprint density at radius 3 is 1.23 bits per heavy atom. The highest BCUT2D eigenvalue weighted by Crippen LogP contribution is 2.50. The zero-order chi connectivity index (χ0) is 75.4. The summed E-state index contributed by atoms with van der Waals surface area (Å²) in [5, 5.41) is 25.2. The van der Waals surface area contributed by atoms with E-state index in [0.717, 1.165) is 78.3 Å². The Hall–Kier alpha value is -8.68. The molecule has 0 saturated carbocycles. The number of allylic oxidation sites excluding steroid dienone is 2. The summed E-state index contributed by atoms with van der Waals surface area (Å²) in [6, 6.07) is 33.6. The molecule has 0 radical (unpaired) electrons. The number of carbonyl (C=O) groups is 5. The zero-order valence-corrected chi connectivity index (χ0v) is 64.8. The molecule has 6 aromatic carbocycles. The summed E-state index contributed by atoms with van der Waals surface area (Å²) in [5.74, 6) is 2.99. The van der Waals surface area contributed by atoms with Gasteiger partial charge in [-0.3, -0.25) is 19.2 Å². The Morgan fingerprint density at radius 2 is 0.877 bits per heavy atom. The molecular weight excluding hydrogens is 1360 g/mol.